The van der Waals surface area contributed by atoms with Gasteiger partial charge in [-0.1, -0.05) is 18.2 Å². The van der Waals surface area contributed by atoms with E-state index in [1.165, 1.54) is 0 Å². The van der Waals surface area contributed by atoms with Crippen molar-refractivity contribution >= 4 is 34.6 Å². The summed E-state index contributed by atoms with van der Waals surface area (Å²) in [6.45, 7) is 6.12. The number of nitrogens with one attached hydrogen (secondary N) is 1. The molecule has 0 bridgehead atoms. The highest BCUT2D eigenvalue weighted by Gasteiger charge is 2.15. The smallest absolute Gasteiger partial charge is 0.343 e. The predicted molar refractivity (Wildman–Crippen MR) is 145 cm³/mol. The zero-order valence-electron chi connectivity index (χ0n) is 20.5. The van der Waals surface area contributed by atoms with Crippen LogP contribution in [0.15, 0.2) is 84.0 Å². The lowest BCUT2D eigenvalue weighted by atomic mass is 10.1. The first kappa shape index (κ1) is 23.5. The number of anilines is 2. The number of piperazine rings is 1. The molecule has 36 heavy (non-hydrogen) atoms. The van der Waals surface area contributed by atoms with Crippen molar-refractivity contribution in [2.45, 2.75) is 6.92 Å². The number of pyridine rings is 1. The number of carbonyl (C=O) groups excluding carboxylic acids is 1. The largest absolute Gasteiger partial charge is 0.423 e. The zero-order chi connectivity index (χ0) is 24.9. The second-order valence-electron chi connectivity index (χ2n) is 9.01. The van der Waals surface area contributed by atoms with Gasteiger partial charge < -0.3 is 14.5 Å². The maximum absolute atomic E-state index is 12.6. The molecule has 7 heteroatoms. The first-order chi connectivity index (χ1) is 17.5. The fraction of sp³-hybridized carbons (Fsp3) is 0.207. The summed E-state index contributed by atoms with van der Waals surface area (Å²) in [5.41, 5.74) is 7.59. The number of aryl methyl sites for hydroxylation is 1. The molecule has 0 radical (unpaired) electrons. The van der Waals surface area contributed by atoms with Crippen LogP contribution in [0.1, 0.15) is 21.5 Å². The molecular weight excluding hydrogens is 450 g/mol. The number of likely N-dealkylation sites (N-methyl/N-ethyl adjacent to an activating group) is 1. The van der Waals surface area contributed by atoms with Crippen LogP contribution >= 0.6 is 0 Å². The van der Waals surface area contributed by atoms with Crippen LogP contribution in [0.25, 0.3) is 10.9 Å². The van der Waals surface area contributed by atoms with Crippen molar-refractivity contribution in [3.63, 3.8) is 0 Å². The van der Waals surface area contributed by atoms with E-state index in [-0.39, 0.29) is 5.97 Å². The van der Waals surface area contributed by atoms with Gasteiger partial charge in [0, 0.05) is 37.3 Å². The van der Waals surface area contributed by atoms with Gasteiger partial charge >= 0.3 is 5.97 Å². The van der Waals surface area contributed by atoms with E-state index < -0.39 is 0 Å². The summed E-state index contributed by atoms with van der Waals surface area (Å²) in [4.78, 5) is 21.8. The first-order valence-electron chi connectivity index (χ1n) is 12.1. The molecule has 2 heterocycles. The molecule has 7 nitrogen and oxygen atoms in total. The molecular formula is C29H29N5O2. The zero-order valence-corrected chi connectivity index (χ0v) is 20.5. The Balaban J connectivity index is 1.16. The second kappa shape index (κ2) is 10.6. The van der Waals surface area contributed by atoms with E-state index in [4.69, 9.17) is 4.74 Å². The van der Waals surface area contributed by atoms with Gasteiger partial charge in [0.05, 0.1) is 17.3 Å². The minimum atomic E-state index is -0.374. The van der Waals surface area contributed by atoms with Gasteiger partial charge in [-0.2, -0.15) is 5.10 Å². The van der Waals surface area contributed by atoms with Gasteiger partial charge in [0.2, 0.25) is 0 Å². The third-order valence-corrected chi connectivity index (χ3v) is 6.38. The van der Waals surface area contributed by atoms with Crippen molar-refractivity contribution in [3.05, 3.63) is 95.6 Å². The number of carbonyl (C=O) groups is 1. The first-order valence-corrected chi connectivity index (χ1v) is 12.1. The number of aromatic nitrogens is 1. The topological polar surface area (TPSA) is 70.1 Å². The monoisotopic (exact) mass is 479 g/mol. The predicted octanol–water partition coefficient (Wildman–Crippen LogP) is 4.96. The van der Waals surface area contributed by atoms with Crippen LogP contribution in [-0.4, -0.2) is 55.3 Å². The molecule has 1 fully saturated rings. The molecule has 3 aromatic carbocycles. The summed E-state index contributed by atoms with van der Waals surface area (Å²) in [6.07, 6.45) is 1.70. The Kier molecular flexibility index (Phi) is 6.91. The summed E-state index contributed by atoms with van der Waals surface area (Å²) >= 11 is 0. The highest BCUT2D eigenvalue weighted by molar-refractivity contribution is 5.91. The van der Waals surface area contributed by atoms with E-state index in [9.17, 15) is 4.79 Å². The minimum absolute atomic E-state index is 0.374. The molecule has 0 atom stereocenters. The molecule has 1 aliphatic heterocycles. The van der Waals surface area contributed by atoms with Gasteiger partial charge in [0.1, 0.15) is 11.6 Å². The quantitative estimate of drug-likeness (QED) is 0.182. The molecule has 1 saturated heterocycles. The van der Waals surface area contributed by atoms with Crippen LogP contribution in [0, 0.1) is 6.92 Å². The van der Waals surface area contributed by atoms with E-state index in [1.807, 2.05) is 60.7 Å². The average Bonchev–Trinajstić information content (AvgIpc) is 2.90. The van der Waals surface area contributed by atoms with Crippen molar-refractivity contribution in [1.82, 2.24) is 9.88 Å². The maximum Gasteiger partial charge on any atom is 0.343 e. The number of ether oxygens (including phenoxy) is 1. The van der Waals surface area contributed by atoms with E-state index >= 15 is 0 Å². The Morgan fingerprint density at radius 1 is 0.972 bits per heavy atom. The molecule has 0 spiro atoms. The van der Waals surface area contributed by atoms with Gasteiger partial charge in [-0.05, 0) is 85.8 Å². The number of esters is 1. The lowest BCUT2D eigenvalue weighted by Crippen LogP contribution is -2.44. The molecule has 0 amide bonds. The molecule has 182 valence electrons. The van der Waals surface area contributed by atoms with Crippen LogP contribution in [-0.2, 0) is 0 Å². The number of hydrogen-bond donors (Lipinski definition) is 1. The van der Waals surface area contributed by atoms with Crippen molar-refractivity contribution in [2.24, 2.45) is 5.10 Å². The van der Waals surface area contributed by atoms with E-state index in [0.29, 0.717) is 17.1 Å². The van der Waals surface area contributed by atoms with Gasteiger partial charge in [-0.25, -0.2) is 9.78 Å². The lowest BCUT2D eigenvalue weighted by molar-refractivity contribution is 0.0735. The highest BCUT2D eigenvalue weighted by Crippen LogP contribution is 2.21. The van der Waals surface area contributed by atoms with Crippen molar-refractivity contribution in [1.29, 1.82) is 0 Å². The van der Waals surface area contributed by atoms with E-state index in [2.05, 4.69) is 45.3 Å². The fourth-order valence-electron chi connectivity index (χ4n) is 4.24. The summed E-state index contributed by atoms with van der Waals surface area (Å²) in [5.74, 6) is 0.799. The summed E-state index contributed by atoms with van der Waals surface area (Å²) < 4.78 is 5.55. The number of hydrazone groups is 1. The third kappa shape index (κ3) is 5.53. The number of para-hydroxylation sites is 1. The SMILES string of the molecule is Cc1cc(N/N=C/c2ccc(OC(=O)c3ccc(N4CCN(C)CC4)cc3)cc2)nc2ccccc12. The third-order valence-electron chi connectivity index (χ3n) is 6.38. The summed E-state index contributed by atoms with van der Waals surface area (Å²) in [6, 6.07) is 24.8. The Morgan fingerprint density at radius 3 is 2.44 bits per heavy atom. The van der Waals surface area contributed by atoms with Gasteiger partial charge in [0.25, 0.3) is 0 Å². The summed E-state index contributed by atoms with van der Waals surface area (Å²) in [7, 11) is 2.14. The van der Waals surface area contributed by atoms with E-state index in [1.54, 1.807) is 18.3 Å². The lowest BCUT2D eigenvalue weighted by Gasteiger charge is -2.34. The Morgan fingerprint density at radius 2 is 1.69 bits per heavy atom. The molecule has 1 N–H and O–H groups in total. The maximum atomic E-state index is 12.6. The van der Waals surface area contributed by atoms with E-state index in [0.717, 1.165) is 53.9 Å². The molecule has 1 aliphatic rings. The Labute approximate surface area is 211 Å². The molecule has 0 aliphatic carbocycles. The Bertz CT molecular complexity index is 1380. The van der Waals surface area contributed by atoms with Crippen molar-refractivity contribution in [3.8, 4) is 5.75 Å². The van der Waals surface area contributed by atoms with Crippen LogP contribution < -0.4 is 15.1 Å². The molecule has 0 unspecified atom stereocenters. The highest BCUT2D eigenvalue weighted by atomic mass is 16.5. The van der Waals surface area contributed by atoms with Crippen molar-refractivity contribution < 1.29 is 9.53 Å². The van der Waals surface area contributed by atoms with Gasteiger partial charge in [0.15, 0.2) is 0 Å². The number of rotatable bonds is 6. The molecule has 5 rings (SSSR count). The normalized spacial score (nSPS) is 14.3. The average molecular weight is 480 g/mol. The van der Waals surface area contributed by atoms with Crippen LogP contribution in [0.2, 0.25) is 0 Å². The van der Waals surface area contributed by atoms with Crippen LogP contribution in [0.3, 0.4) is 0 Å². The van der Waals surface area contributed by atoms with Crippen LogP contribution in [0.5, 0.6) is 5.75 Å². The summed E-state index contributed by atoms with van der Waals surface area (Å²) in [5, 5.41) is 5.42. The molecule has 1 aromatic heterocycles. The molecule has 0 saturated carbocycles. The number of nitrogens with zero attached hydrogens (tertiary/aromatic N) is 4. The number of fused-ring (bicyclic) bond motifs is 1. The fourth-order valence-corrected chi connectivity index (χ4v) is 4.24. The number of benzene rings is 3. The van der Waals surface area contributed by atoms with Gasteiger partial charge in [-0.15, -0.1) is 0 Å². The van der Waals surface area contributed by atoms with Crippen molar-refractivity contribution in [2.75, 3.05) is 43.6 Å². The second-order valence-corrected chi connectivity index (χ2v) is 9.01. The standard InChI is InChI=1S/C29H29N5O2/c1-21-19-28(31-27-6-4-3-5-26(21)27)32-30-20-22-7-13-25(14-8-22)36-29(35)23-9-11-24(12-10-23)34-17-15-33(2)16-18-34/h3-14,19-20H,15-18H2,1-2H3,(H,31,32)/b30-20+. The Hall–Kier alpha value is -4.23. The number of hydrogen-bond acceptors (Lipinski definition) is 7. The van der Waals surface area contributed by atoms with Gasteiger partial charge in [-0.3, -0.25) is 5.43 Å². The minimum Gasteiger partial charge on any atom is -0.423 e. The van der Waals surface area contributed by atoms with Crippen LogP contribution in [0.4, 0.5) is 11.5 Å². The molecule has 4 aromatic rings.